The highest BCUT2D eigenvalue weighted by Crippen LogP contribution is 2.22. The molecule has 0 aliphatic heterocycles. The van der Waals surface area contributed by atoms with Gasteiger partial charge in [0, 0.05) is 0 Å². The van der Waals surface area contributed by atoms with Gasteiger partial charge in [0.1, 0.15) is 0 Å². The number of nitrogens with one attached hydrogen (secondary N) is 1. The Morgan fingerprint density at radius 3 is 3.00 bits per heavy atom. The molecule has 3 nitrogen and oxygen atoms in total. The highest BCUT2D eigenvalue weighted by Gasteiger charge is 2.06. The molecule has 0 amide bonds. The minimum absolute atomic E-state index is 0.0232. The van der Waals surface area contributed by atoms with Crippen molar-refractivity contribution in [1.29, 1.82) is 0 Å². The van der Waals surface area contributed by atoms with Crippen LogP contribution in [0, 0.1) is 6.92 Å². The molecule has 0 bridgehead atoms. The number of benzene rings is 1. The Morgan fingerprint density at radius 2 is 2.31 bits per heavy atom. The Labute approximate surface area is 78.7 Å². The number of rotatable bonds is 1. The Kier molecular flexibility index (Phi) is 1.94. The van der Waals surface area contributed by atoms with Crippen LogP contribution in [0.1, 0.15) is 11.1 Å². The van der Waals surface area contributed by atoms with Gasteiger partial charge in [-0.25, -0.2) is 0 Å². The summed E-state index contributed by atoms with van der Waals surface area (Å²) in [5.41, 5.74) is 2.69. The summed E-state index contributed by atoms with van der Waals surface area (Å²) in [5.74, 6) is 0. The van der Waals surface area contributed by atoms with E-state index in [0.29, 0.717) is 0 Å². The van der Waals surface area contributed by atoms with E-state index in [1.165, 1.54) is 0 Å². The van der Waals surface area contributed by atoms with Gasteiger partial charge in [-0.2, -0.15) is 0 Å². The zero-order valence-electron chi connectivity index (χ0n) is 7.13. The van der Waals surface area contributed by atoms with Gasteiger partial charge in [0.2, 0.25) is 0 Å². The number of aliphatic hydroxyl groups is 1. The second-order valence-electron chi connectivity index (χ2n) is 2.92. The van der Waals surface area contributed by atoms with Gasteiger partial charge in [-0.15, -0.1) is 0 Å². The van der Waals surface area contributed by atoms with Gasteiger partial charge >= 0.3 is 4.87 Å². The molecule has 4 heteroatoms. The van der Waals surface area contributed by atoms with Crippen molar-refractivity contribution in [2.45, 2.75) is 13.5 Å². The van der Waals surface area contributed by atoms with Crippen molar-refractivity contribution in [2.75, 3.05) is 0 Å². The molecule has 0 saturated heterocycles. The Hall–Kier alpha value is -1.13. The van der Waals surface area contributed by atoms with E-state index in [9.17, 15) is 4.79 Å². The van der Waals surface area contributed by atoms with E-state index in [2.05, 4.69) is 4.98 Å². The molecule has 0 radical (unpaired) electrons. The fourth-order valence-electron chi connectivity index (χ4n) is 1.34. The number of thiazole rings is 1. The van der Waals surface area contributed by atoms with Gasteiger partial charge in [-0.05, 0) is 18.1 Å². The molecule has 0 atom stereocenters. The van der Waals surface area contributed by atoms with E-state index in [0.717, 1.165) is 32.7 Å². The lowest BCUT2D eigenvalue weighted by atomic mass is 10.1. The first-order valence-corrected chi connectivity index (χ1v) is 4.76. The first kappa shape index (κ1) is 8.47. The number of aromatic nitrogens is 1. The van der Waals surface area contributed by atoms with E-state index in [-0.39, 0.29) is 11.5 Å². The molecule has 0 fully saturated rings. The van der Waals surface area contributed by atoms with Crippen LogP contribution < -0.4 is 4.87 Å². The van der Waals surface area contributed by atoms with Crippen LogP contribution in [0.5, 0.6) is 0 Å². The molecule has 1 aromatic heterocycles. The van der Waals surface area contributed by atoms with Crippen molar-refractivity contribution in [1.82, 2.24) is 4.98 Å². The molecule has 2 aromatic rings. The molecular weight excluding hydrogens is 186 g/mol. The molecule has 0 aliphatic rings. The third kappa shape index (κ3) is 1.28. The van der Waals surface area contributed by atoms with Crippen molar-refractivity contribution >= 4 is 21.6 Å². The van der Waals surface area contributed by atoms with E-state index in [4.69, 9.17) is 5.11 Å². The average molecular weight is 195 g/mol. The number of hydrogen-bond donors (Lipinski definition) is 2. The van der Waals surface area contributed by atoms with E-state index < -0.39 is 0 Å². The van der Waals surface area contributed by atoms with E-state index in [1.54, 1.807) is 0 Å². The van der Waals surface area contributed by atoms with Crippen LogP contribution in [0.2, 0.25) is 0 Å². The van der Waals surface area contributed by atoms with Gasteiger partial charge in [-0.3, -0.25) is 4.79 Å². The zero-order valence-corrected chi connectivity index (χ0v) is 7.94. The van der Waals surface area contributed by atoms with Crippen LogP contribution in [0.25, 0.3) is 10.2 Å². The van der Waals surface area contributed by atoms with Crippen LogP contribution >= 0.6 is 11.3 Å². The summed E-state index contributed by atoms with van der Waals surface area (Å²) in [7, 11) is 0. The third-order valence-corrected chi connectivity index (χ3v) is 3.00. The number of H-pyrrole nitrogens is 1. The minimum Gasteiger partial charge on any atom is -0.392 e. The number of aliphatic hydroxyl groups excluding tert-OH is 1. The van der Waals surface area contributed by atoms with Crippen LogP contribution in [0.15, 0.2) is 16.9 Å². The lowest BCUT2D eigenvalue weighted by molar-refractivity contribution is 0.283. The predicted octanol–water partition coefficient (Wildman–Crippen LogP) is 1.39. The topological polar surface area (TPSA) is 53.1 Å². The van der Waals surface area contributed by atoms with Crippen LogP contribution in [-0.4, -0.2) is 10.1 Å². The molecule has 13 heavy (non-hydrogen) atoms. The Balaban J connectivity index is 2.91. The van der Waals surface area contributed by atoms with Crippen LogP contribution in [0.4, 0.5) is 0 Å². The quantitative estimate of drug-likeness (QED) is 0.722. The van der Waals surface area contributed by atoms with Gasteiger partial charge in [-0.1, -0.05) is 23.5 Å². The average Bonchev–Trinajstić information content (AvgIpc) is 2.48. The molecule has 1 aromatic carbocycles. The normalized spacial score (nSPS) is 10.9. The van der Waals surface area contributed by atoms with Crippen molar-refractivity contribution in [3.8, 4) is 0 Å². The maximum absolute atomic E-state index is 11.1. The molecule has 1 heterocycles. The number of aryl methyl sites for hydroxylation is 1. The number of hydrogen-bond acceptors (Lipinski definition) is 3. The highest BCUT2D eigenvalue weighted by molar-refractivity contribution is 7.16. The number of fused-ring (bicyclic) bond motifs is 1. The molecule has 68 valence electrons. The van der Waals surface area contributed by atoms with Crippen LogP contribution in [-0.2, 0) is 6.61 Å². The van der Waals surface area contributed by atoms with Gasteiger partial charge in [0.15, 0.2) is 0 Å². The highest BCUT2D eigenvalue weighted by atomic mass is 32.1. The maximum atomic E-state index is 11.1. The standard InChI is InChI=1S/C9H9NO2S/c1-5-2-3-6(4-11)8-7(5)10-9(12)13-8/h2-3,11H,4H2,1H3,(H,10,12). The maximum Gasteiger partial charge on any atom is 0.305 e. The van der Waals surface area contributed by atoms with Crippen molar-refractivity contribution < 1.29 is 5.11 Å². The summed E-state index contributed by atoms with van der Waals surface area (Å²) < 4.78 is 0.868. The van der Waals surface area contributed by atoms with Gasteiger partial charge in [0.05, 0.1) is 16.8 Å². The van der Waals surface area contributed by atoms with Crippen molar-refractivity contribution in [3.05, 3.63) is 32.9 Å². The first-order valence-electron chi connectivity index (χ1n) is 3.94. The minimum atomic E-state index is -0.0704. The summed E-state index contributed by atoms with van der Waals surface area (Å²) in [6.07, 6.45) is 0. The third-order valence-electron chi connectivity index (χ3n) is 2.04. The summed E-state index contributed by atoms with van der Waals surface area (Å²) in [6.45, 7) is 1.91. The first-order chi connectivity index (χ1) is 6.22. The summed E-state index contributed by atoms with van der Waals surface area (Å²) in [6, 6.07) is 3.75. The smallest absolute Gasteiger partial charge is 0.305 e. The molecule has 2 N–H and O–H groups in total. The van der Waals surface area contributed by atoms with E-state index >= 15 is 0 Å². The lowest BCUT2D eigenvalue weighted by Crippen LogP contribution is -1.90. The number of aromatic amines is 1. The molecule has 0 spiro atoms. The van der Waals surface area contributed by atoms with Gasteiger partial charge in [0.25, 0.3) is 0 Å². The molecule has 0 unspecified atom stereocenters. The second kappa shape index (κ2) is 2.97. The lowest BCUT2D eigenvalue weighted by Gasteiger charge is -1.99. The fraction of sp³-hybridized carbons (Fsp3) is 0.222. The second-order valence-corrected chi connectivity index (χ2v) is 3.90. The Morgan fingerprint density at radius 1 is 1.54 bits per heavy atom. The summed E-state index contributed by atoms with van der Waals surface area (Å²) in [4.78, 5) is 13.8. The molecule has 0 saturated carbocycles. The van der Waals surface area contributed by atoms with Crippen LogP contribution in [0.3, 0.4) is 0 Å². The van der Waals surface area contributed by atoms with Crippen molar-refractivity contribution in [3.63, 3.8) is 0 Å². The molecular formula is C9H9NO2S. The predicted molar refractivity (Wildman–Crippen MR) is 53.1 cm³/mol. The summed E-state index contributed by atoms with van der Waals surface area (Å²) >= 11 is 1.15. The molecule has 2 rings (SSSR count). The monoisotopic (exact) mass is 195 g/mol. The molecule has 0 aliphatic carbocycles. The fourth-order valence-corrected chi connectivity index (χ4v) is 2.26. The largest absolute Gasteiger partial charge is 0.392 e. The Bertz CT molecular complexity index is 498. The van der Waals surface area contributed by atoms with Crippen molar-refractivity contribution in [2.24, 2.45) is 0 Å². The summed E-state index contributed by atoms with van der Waals surface area (Å²) in [5, 5.41) is 9.03. The van der Waals surface area contributed by atoms with E-state index in [1.807, 2.05) is 19.1 Å². The SMILES string of the molecule is Cc1ccc(CO)c2sc(=O)[nH]c12. The van der Waals surface area contributed by atoms with Gasteiger partial charge < -0.3 is 10.1 Å². The zero-order chi connectivity index (χ0) is 9.42.